The summed E-state index contributed by atoms with van der Waals surface area (Å²) in [4.78, 5) is 39.7. The van der Waals surface area contributed by atoms with Gasteiger partial charge in [-0.2, -0.15) is 0 Å². The van der Waals surface area contributed by atoms with Gasteiger partial charge in [0.1, 0.15) is 0 Å². The molecule has 0 aliphatic heterocycles. The quantitative estimate of drug-likeness (QED) is 0.295. The molecule has 3 aromatic rings. The molecule has 8 heteroatoms. The second-order valence-corrected chi connectivity index (χ2v) is 7.99. The van der Waals surface area contributed by atoms with Gasteiger partial charge in [-0.25, -0.2) is 4.79 Å². The van der Waals surface area contributed by atoms with E-state index in [1.54, 1.807) is 6.92 Å². The number of ether oxygens (including phenoxy) is 1. The molecule has 3 rings (SSSR count). The number of nitrogens with two attached hydrogens (primary N) is 1. The predicted octanol–water partition coefficient (Wildman–Crippen LogP) is 2.13. The predicted molar refractivity (Wildman–Crippen MR) is 126 cm³/mol. The summed E-state index contributed by atoms with van der Waals surface area (Å²) in [6.07, 6.45) is 4.33. The van der Waals surface area contributed by atoms with Crippen molar-refractivity contribution in [2.75, 3.05) is 13.7 Å². The number of esters is 1. The average molecular weight is 449 g/mol. The number of fused-ring (bicyclic) bond motifs is 1. The molecule has 0 bridgehead atoms. The van der Waals surface area contributed by atoms with E-state index in [1.165, 1.54) is 7.11 Å². The van der Waals surface area contributed by atoms with Gasteiger partial charge in [0.25, 0.3) is 0 Å². The zero-order valence-corrected chi connectivity index (χ0v) is 18.6. The molecule has 0 aliphatic carbocycles. The second kappa shape index (κ2) is 10.6. The minimum atomic E-state index is -1.17. The highest BCUT2D eigenvalue weighted by Crippen LogP contribution is 2.22. The molecular formula is C25H28N4O4. The summed E-state index contributed by atoms with van der Waals surface area (Å²) in [6, 6.07) is 16.5. The fourth-order valence-corrected chi connectivity index (χ4v) is 3.52. The van der Waals surface area contributed by atoms with Crippen LogP contribution in [0.3, 0.4) is 0 Å². The van der Waals surface area contributed by atoms with E-state index in [0.717, 1.165) is 34.2 Å². The number of benzene rings is 2. The van der Waals surface area contributed by atoms with Crippen molar-refractivity contribution in [2.45, 2.75) is 24.9 Å². The standard InChI is InChI=1S/C25H28N4O4/c1-25(26,14-18-15-27-20-11-7-6-10-19(18)20)24(32)28-16-21(17-8-4-3-5-9-17)29-22(30)12-13-23(31)33-2/h3-13,15,21,27H,14,16,26H2,1-2H3,(H,28,32)(H,29,30)/b13-12+/t21-,25+/m0/s1. The number of hydrogen-bond acceptors (Lipinski definition) is 5. The smallest absolute Gasteiger partial charge is 0.330 e. The Bertz CT molecular complexity index is 1150. The molecule has 172 valence electrons. The summed E-state index contributed by atoms with van der Waals surface area (Å²) in [6.45, 7) is 1.81. The van der Waals surface area contributed by atoms with Gasteiger partial charge in [-0.1, -0.05) is 48.5 Å². The van der Waals surface area contributed by atoms with Gasteiger partial charge in [-0.3, -0.25) is 9.59 Å². The molecule has 33 heavy (non-hydrogen) atoms. The van der Waals surface area contributed by atoms with Crippen molar-refractivity contribution in [1.29, 1.82) is 0 Å². The first-order valence-corrected chi connectivity index (χ1v) is 10.5. The van der Waals surface area contributed by atoms with Crippen LogP contribution in [0.1, 0.15) is 24.1 Å². The molecule has 0 spiro atoms. The highest BCUT2D eigenvalue weighted by atomic mass is 16.5. The van der Waals surface area contributed by atoms with Crippen LogP contribution in [0.25, 0.3) is 10.9 Å². The zero-order chi connectivity index (χ0) is 23.8. The Hall–Kier alpha value is -3.91. The molecule has 1 heterocycles. The number of aromatic amines is 1. The van der Waals surface area contributed by atoms with Gasteiger partial charge in [0, 0.05) is 42.2 Å². The van der Waals surface area contributed by atoms with Gasteiger partial charge in [0.2, 0.25) is 11.8 Å². The van der Waals surface area contributed by atoms with Crippen LogP contribution in [-0.2, 0) is 25.5 Å². The maximum Gasteiger partial charge on any atom is 0.330 e. The number of hydrogen-bond donors (Lipinski definition) is 4. The fourth-order valence-electron chi connectivity index (χ4n) is 3.52. The first-order chi connectivity index (χ1) is 15.8. The number of aromatic nitrogens is 1. The molecule has 2 atom stereocenters. The Balaban J connectivity index is 1.68. The molecule has 0 unspecified atom stereocenters. The Morgan fingerprint density at radius 3 is 2.52 bits per heavy atom. The molecule has 1 aromatic heterocycles. The highest BCUT2D eigenvalue weighted by molar-refractivity contribution is 5.94. The van der Waals surface area contributed by atoms with Crippen LogP contribution in [0.2, 0.25) is 0 Å². The lowest BCUT2D eigenvalue weighted by Gasteiger charge is -2.26. The van der Waals surface area contributed by atoms with Gasteiger partial charge in [-0.15, -0.1) is 0 Å². The van der Waals surface area contributed by atoms with E-state index in [1.807, 2.05) is 60.8 Å². The van der Waals surface area contributed by atoms with Gasteiger partial charge < -0.3 is 26.1 Å². The molecule has 5 N–H and O–H groups in total. The molecule has 2 aromatic carbocycles. The van der Waals surface area contributed by atoms with Crippen molar-refractivity contribution in [3.63, 3.8) is 0 Å². The van der Waals surface area contributed by atoms with Crippen LogP contribution in [0.4, 0.5) is 0 Å². The van der Waals surface area contributed by atoms with E-state index < -0.39 is 23.5 Å². The van der Waals surface area contributed by atoms with Crippen LogP contribution in [0, 0.1) is 0 Å². The van der Waals surface area contributed by atoms with Gasteiger partial charge >= 0.3 is 5.97 Å². The lowest BCUT2D eigenvalue weighted by atomic mass is 9.92. The third-order valence-electron chi connectivity index (χ3n) is 5.31. The molecule has 0 saturated carbocycles. The maximum atomic E-state index is 13.0. The number of methoxy groups -OCH3 is 1. The summed E-state index contributed by atoms with van der Waals surface area (Å²) in [5.41, 5.74) is 7.96. The minimum absolute atomic E-state index is 0.126. The van der Waals surface area contributed by atoms with E-state index in [-0.39, 0.29) is 12.5 Å². The summed E-state index contributed by atoms with van der Waals surface area (Å²) < 4.78 is 4.50. The van der Waals surface area contributed by atoms with Crippen molar-refractivity contribution < 1.29 is 19.1 Å². The summed E-state index contributed by atoms with van der Waals surface area (Å²) in [5, 5.41) is 6.68. The zero-order valence-electron chi connectivity index (χ0n) is 18.6. The SMILES string of the molecule is COC(=O)/C=C/C(=O)N[C@@H](CNC(=O)[C@](C)(N)Cc1c[nH]c2ccccc12)c1ccccc1. The molecule has 0 fully saturated rings. The van der Waals surface area contributed by atoms with Crippen LogP contribution >= 0.6 is 0 Å². The van der Waals surface area contributed by atoms with E-state index in [2.05, 4.69) is 20.4 Å². The Labute approximate surface area is 192 Å². The number of rotatable bonds is 9. The average Bonchev–Trinajstić information content (AvgIpc) is 3.22. The van der Waals surface area contributed by atoms with Crippen molar-refractivity contribution in [3.8, 4) is 0 Å². The number of amides is 2. The van der Waals surface area contributed by atoms with E-state index in [9.17, 15) is 14.4 Å². The third kappa shape index (κ3) is 6.30. The molecule has 2 amide bonds. The number of carbonyl (C=O) groups excluding carboxylic acids is 3. The topological polar surface area (TPSA) is 126 Å². The number of carbonyl (C=O) groups is 3. The third-order valence-corrected chi connectivity index (χ3v) is 5.31. The summed E-state index contributed by atoms with van der Waals surface area (Å²) >= 11 is 0. The normalized spacial score (nSPS) is 13.9. The summed E-state index contributed by atoms with van der Waals surface area (Å²) in [5.74, 6) is -1.46. The highest BCUT2D eigenvalue weighted by Gasteiger charge is 2.30. The molecule has 0 radical (unpaired) electrons. The van der Waals surface area contributed by atoms with E-state index in [4.69, 9.17) is 5.73 Å². The number of para-hydroxylation sites is 1. The molecule has 8 nitrogen and oxygen atoms in total. The van der Waals surface area contributed by atoms with E-state index in [0.29, 0.717) is 6.42 Å². The second-order valence-electron chi connectivity index (χ2n) is 7.99. The molecule has 0 saturated heterocycles. The van der Waals surface area contributed by atoms with Crippen molar-refractivity contribution in [2.24, 2.45) is 5.73 Å². The Morgan fingerprint density at radius 1 is 1.09 bits per heavy atom. The maximum absolute atomic E-state index is 13.0. The lowest BCUT2D eigenvalue weighted by Crippen LogP contribution is -2.54. The fraction of sp³-hybridized carbons (Fsp3) is 0.240. The van der Waals surface area contributed by atoms with E-state index >= 15 is 0 Å². The largest absolute Gasteiger partial charge is 0.466 e. The van der Waals surface area contributed by atoms with Crippen LogP contribution in [-0.4, -0.2) is 42.0 Å². The van der Waals surface area contributed by atoms with Crippen molar-refractivity contribution in [1.82, 2.24) is 15.6 Å². The summed E-state index contributed by atoms with van der Waals surface area (Å²) in [7, 11) is 1.23. The molecule has 0 aliphatic rings. The van der Waals surface area contributed by atoms with Crippen LogP contribution in [0.5, 0.6) is 0 Å². The van der Waals surface area contributed by atoms with Gasteiger partial charge in [0.15, 0.2) is 0 Å². The van der Waals surface area contributed by atoms with Crippen LogP contribution < -0.4 is 16.4 Å². The monoisotopic (exact) mass is 448 g/mol. The minimum Gasteiger partial charge on any atom is -0.466 e. The Kier molecular flexibility index (Phi) is 7.63. The van der Waals surface area contributed by atoms with Crippen molar-refractivity contribution in [3.05, 3.63) is 84.1 Å². The lowest BCUT2D eigenvalue weighted by molar-refractivity contribution is -0.135. The molecular weight excluding hydrogens is 420 g/mol. The first kappa shape index (κ1) is 23.7. The number of H-pyrrole nitrogens is 1. The van der Waals surface area contributed by atoms with Crippen molar-refractivity contribution >= 4 is 28.7 Å². The Morgan fingerprint density at radius 2 is 1.79 bits per heavy atom. The van der Waals surface area contributed by atoms with Gasteiger partial charge in [0.05, 0.1) is 18.7 Å². The van der Waals surface area contributed by atoms with Crippen LogP contribution in [0.15, 0.2) is 72.9 Å². The van der Waals surface area contributed by atoms with Gasteiger partial charge in [-0.05, 0) is 24.1 Å². The number of nitrogens with one attached hydrogen (secondary N) is 3. The first-order valence-electron chi connectivity index (χ1n) is 10.5.